The number of hydrogen-bond donors (Lipinski definition) is 1. The molecule has 3 rings (SSSR count). The predicted molar refractivity (Wildman–Crippen MR) is 57.0 cm³/mol. The first-order valence-electron chi connectivity index (χ1n) is 6.05. The maximum atomic E-state index is 9.83. The van der Waals surface area contributed by atoms with E-state index in [1.165, 1.54) is 0 Å². The summed E-state index contributed by atoms with van der Waals surface area (Å²) in [6.45, 7) is 2.50. The Kier molecular flexibility index (Phi) is 2.65. The molecule has 0 bridgehead atoms. The van der Waals surface area contributed by atoms with Crippen LogP contribution < -0.4 is 0 Å². The van der Waals surface area contributed by atoms with Gasteiger partial charge in [0.15, 0.2) is 11.6 Å². The molecule has 0 spiro atoms. The summed E-state index contributed by atoms with van der Waals surface area (Å²) in [6.07, 6.45) is 3.38. The molecular formula is C11H17N3O2. The van der Waals surface area contributed by atoms with E-state index in [1.807, 2.05) is 4.68 Å². The Hall–Kier alpha value is -0.940. The molecule has 0 saturated carbocycles. The summed E-state index contributed by atoms with van der Waals surface area (Å²) in [7, 11) is 0. The first-order valence-corrected chi connectivity index (χ1v) is 6.05. The number of aliphatic hydroxyl groups excluding tert-OH is 1. The second-order valence-electron chi connectivity index (χ2n) is 4.60. The molecule has 1 saturated heterocycles. The van der Waals surface area contributed by atoms with Crippen molar-refractivity contribution < 1.29 is 9.84 Å². The SMILES string of the molecule is OC1CCCn2nc(C3CCOCC3)nc21. The molecule has 1 fully saturated rings. The molecule has 1 aromatic rings. The minimum absolute atomic E-state index is 0.416. The van der Waals surface area contributed by atoms with Gasteiger partial charge >= 0.3 is 0 Å². The third-order valence-electron chi connectivity index (χ3n) is 3.45. The number of aliphatic hydroxyl groups is 1. The van der Waals surface area contributed by atoms with Gasteiger partial charge in [0.25, 0.3) is 0 Å². The van der Waals surface area contributed by atoms with Crippen molar-refractivity contribution in [1.29, 1.82) is 0 Å². The standard InChI is InChI=1S/C11H17N3O2/c15-9-2-1-5-14-11(9)12-10(13-14)8-3-6-16-7-4-8/h8-9,15H,1-7H2. The number of fused-ring (bicyclic) bond motifs is 1. The quantitative estimate of drug-likeness (QED) is 0.771. The van der Waals surface area contributed by atoms with Crippen molar-refractivity contribution >= 4 is 0 Å². The monoisotopic (exact) mass is 223 g/mol. The summed E-state index contributed by atoms with van der Waals surface area (Å²) in [4.78, 5) is 4.50. The van der Waals surface area contributed by atoms with Gasteiger partial charge in [0.05, 0.1) is 0 Å². The lowest BCUT2D eigenvalue weighted by molar-refractivity contribution is 0.0835. The fourth-order valence-corrected chi connectivity index (χ4v) is 2.48. The van der Waals surface area contributed by atoms with Crippen LogP contribution in [0.2, 0.25) is 0 Å². The third kappa shape index (κ3) is 1.74. The van der Waals surface area contributed by atoms with E-state index in [9.17, 15) is 5.11 Å². The highest BCUT2D eigenvalue weighted by Gasteiger charge is 2.26. The molecule has 1 unspecified atom stereocenters. The van der Waals surface area contributed by atoms with Crippen molar-refractivity contribution in [3.63, 3.8) is 0 Å². The van der Waals surface area contributed by atoms with Crippen LogP contribution in [0.5, 0.6) is 0 Å². The second-order valence-corrected chi connectivity index (χ2v) is 4.60. The normalized spacial score (nSPS) is 26.7. The molecule has 2 aliphatic heterocycles. The zero-order valence-electron chi connectivity index (χ0n) is 9.30. The van der Waals surface area contributed by atoms with Gasteiger partial charge in [-0.3, -0.25) is 0 Å². The van der Waals surface area contributed by atoms with Gasteiger partial charge in [0, 0.05) is 25.7 Å². The fourth-order valence-electron chi connectivity index (χ4n) is 2.48. The molecule has 1 atom stereocenters. The topological polar surface area (TPSA) is 60.2 Å². The van der Waals surface area contributed by atoms with Gasteiger partial charge in [-0.1, -0.05) is 0 Å². The van der Waals surface area contributed by atoms with Crippen molar-refractivity contribution in [2.45, 2.75) is 44.2 Å². The van der Waals surface area contributed by atoms with Crippen molar-refractivity contribution in [2.75, 3.05) is 13.2 Å². The van der Waals surface area contributed by atoms with Crippen molar-refractivity contribution in [1.82, 2.24) is 14.8 Å². The average Bonchev–Trinajstić information content (AvgIpc) is 2.76. The Morgan fingerprint density at radius 2 is 2.06 bits per heavy atom. The van der Waals surface area contributed by atoms with Gasteiger partial charge in [0.1, 0.15) is 6.10 Å². The Bertz CT molecular complexity index is 371. The molecule has 16 heavy (non-hydrogen) atoms. The van der Waals surface area contributed by atoms with E-state index in [1.54, 1.807) is 0 Å². The number of aryl methyl sites for hydroxylation is 1. The summed E-state index contributed by atoms with van der Waals surface area (Å²) in [5, 5.41) is 14.3. The van der Waals surface area contributed by atoms with Crippen LogP contribution in [0.1, 0.15) is 49.4 Å². The Morgan fingerprint density at radius 3 is 2.81 bits per heavy atom. The molecule has 1 N–H and O–H groups in total. The van der Waals surface area contributed by atoms with Gasteiger partial charge in [-0.25, -0.2) is 9.67 Å². The molecule has 3 heterocycles. The molecule has 0 aliphatic carbocycles. The summed E-state index contributed by atoms with van der Waals surface area (Å²) < 4.78 is 7.21. The maximum Gasteiger partial charge on any atom is 0.156 e. The molecule has 5 nitrogen and oxygen atoms in total. The zero-order chi connectivity index (χ0) is 11.0. The Morgan fingerprint density at radius 1 is 1.25 bits per heavy atom. The molecule has 5 heteroatoms. The summed E-state index contributed by atoms with van der Waals surface area (Å²) in [6, 6.07) is 0. The van der Waals surface area contributed by atoms with Crippen LogP contribution >= 0.6 is 0 Å². The molecule has 0 amide bonds. The third-order valence-corrected chi connectivity index (χ3v) is 3.45. The van der Waals surface area contributed by atoms with E-state index in [2.05, 4.69) is 10.1 Å². The molecule has 0 aromatic carbocycles. The van der Waals surface area contributed by atoms with E-state index in [0.29, 0.717) is 5.92 Å². The Labute approximate surface area is 94.4 Å². The number of aromatic nitrogens is 3. The van der Waals surface area contributed by atoms with Crippen molar-refractivity contribution in [3.8, 4) is 0 Å². The summed E-state index contributed by atoms with van der Waals surface area (Å²) >= 11 is 0. The fraction of sp³-hybridized carbons (Fsp3) is 0.818. The first-order chi connectivity index (χ1) is 7.84. The highest BCUT2D eigenvalue weighted by atomic mass is 16.5. The van der Waals surface area contributed by atoms with Crippen molar-refractivity contribution in [3.05, 3.63) is 11.6 Å². The van der Waals surface area contributed by atoms with Gasteiger partial charge < -0.3 is 9.84 Å². The van der Waals surface area contributed by atoms with Gasteiger partial charge in [-0.05, 0) is 25.7 Å². The van der Waals surface area contributed by atoms with Crippen molar-refractivity contribution in [2.24, 2.45) is 0 Å². The van der Waals surface area contributed by atoms with Gasteiger partial charge in [0.2, 0.25) is 0 Å². The van der Waals surface area contributed by atoms with E-state index in [0.717, 1.165) is 57.1 Å². The highest BCUT2D eigenvalue weighted by Crippen LogP contribution is 2.28. The van der Waals surface area contributed by atoms with Crippen LogP contribution in [0.3, 0.4) is 0 Å². The van der Waals surface area contributed by atoms with Crippen LogP contribution in [0.25, 0.3) is 0 Å². The molecule has 1 aromatic heterocycles. The zero-order valence-corrected chi connectivity index (χ0v) is 9.30. The van der Waals surface area contributed by atoms with Crippen LogP contribution in [0.4, 0.5) is 0 Å². The smallest absolute Gasteiger partial charge is 0.156 e. The van der Waals surface area contributed by atoms with Crippen LogP contribution in [0.15, 0.2) is 0 Å². The van der Waals surface area contributed by atoms with E-state index in [-0.39, 0.29) is 0 Å². The highest BCUT2D eigenvalue weighted by molar-refractivity contribution is 5.04. The minimum Gasteiger partial charge on any atom is -0.385 e. The first kappa shape index (κ1) is 10.2. The molecule has 2 aliphatic rings. The number of hydrogen-bond acceptors (Lipinski definition) is 4. The lowest BCUT2D eigenvalue weighted by atomic mass is 10.00. The maximum absolute atomic E-state index is 9.83. The average molecular weight is 223 g/mol. The van der Waals surface area contributed by atoms with E-state index in [4.69, 9.17) is 4.74 Å². The summed E-state index contributed by atoms with van der Waals surface area (Å²) in [5.74, 6) is 2.08. The molecule has 88 valence electrons. The largest absolute Gasteiger partial charge is 0.385 e. The number of nitrogens with zero attached hydrogens (tertiary/aromatic N) is 3. The van der Waals surface area contributed by atoms with E-state index >= 15 is 0 Å². The lowest BCUT2D eigenvalue weighted by Gasteiger charge is -2.18. The van der Waals surface area contributed by atoms with Gasteiger partial charge in [-0.2, -0.15) is 5.10 Å². The second kappa shape index (κ2) is 4.14. The number of ether oxygens (including phenoxy) is 1. The van der Waals surface area contributed by atoms with E-state index < -0.39 is 6.10 Å². The molecular weight excluding hydrogens is 206 g/mol. The molecule has 0 radical (unpaired) electrons. The van der Waals surface area contributed by atoms with Crippen LogP contribution in [0, 0.1) is 0 Å². The van der Waals surface area contributed by atoms with Crippen LogP contribution in [-0.4, -0.2) is 33.1 Å². The number of rotatable bonds is 1. The van der Waals surface area contributed by atoms with Crippen LogP contribution in [-0.2, 0) is 11.3 Å². The minimum atomic E-state index is -0.421. The predicted octanol–water partition coefficient (Wildman–Crippen LogP) is 0.999. The summed E-state index contributed by atoms with van der Waals surface area (Å²) in [5.41, 5.74) is 0. The Balaban J connectivity index is 1.85. The van der Waals surface area contributed by atoms with Gasteiger partial charge in [-0.15, -0.1) is 0 Å². The lowest BCUT2D eigenvalue weighted by Crippen LogP contribution is -2.16.